The van der Waals surface area contributed by atoms with Gasteiger partial charge in [0.15, 0.2) is 0 Å². The number of amidine groups is 1. The Morgan fingerprint density at radius 1 is 1.08 bits per heavy atom. The second kappa shape index (κ2) is 8.80. The Kier molecular flexibility index (Phi) is 6.49. The van der Waals surface area contributed by atoms with Crippen LogP contribution in [-0.2, 0) is 11.2 Å². The summed E-state index contributed by atoms with van der Waals surface area (Å²) in [6.07, 6.45) is 0.794. The molecule has 1 amide bonds. The van der Waals surface area contributed by atoms with Gasteiger partial charge >= 0.3 is 5.97 Å². The maximum absolute atomic E-state index is 12.1. The van der Waals surface area contributed by atoms with Crippen LogP contribution in [0.2, 0.25) is 0 Å². The van der Waals surface area contributed by atoms with E-state index in [1.54, 1.807) is 24.3 Å². The van der Waals surface area contributed by atoms with Gasteiger partial charge in [0.25, 0.3) is 5.91 Å². The topological polar surface area (TPSA) is 116 Å². The first kappa shape index (κ1) is 19.2. The van der Waals surface area contributed by atoms with Crippen molar-refractivity contribution in [1.29, 1.82) is 5.41 Å². The molecule has 136 valence electrons. The van der Waals surface area contributed by atoms with E-state index in [1.165, 1.54) is 0 Å². The number of benzene rings is 2. The van der Waals surface area contributed by atoms with Crippen LogP contribution in [0.15, 0.2) is 48.5 Å². The number of carbonyl (C=O) groups excluding carboxylic acids is 1. The molecule has 0 radical (unpaired) electrons. The molecule has 0 aliphatic carbocycles. The zero-order valence-corrected chi connectivity index (χ0v) is 14.7. The summed E-state index contributed by atoms with van der Waals surface area (Å²) < 4.78 is 0. The predicted molar refractivity (Wildman–Crippen MR) is 101 cm³/mol. The molecular weight excluding hydrogens is 330 g/mol. The lowest BCUT2D eigenvalue weighted by Crippen LogP contribution is -2.25. The van der Waals surface area contributed by atoms with Gasteiger partial charge in [0.05, 0.1) is 6.42 Å². The highest BCUT2D eigenvalue weighted by molar-refractivity contribution is 5.98. The Hall–Kier alpha value is -3.15. The highest BCUT2D eigenvalue weighted by Gasteiger charge is 2.10. The molecule has 0 aromatic heterocycles. The summed E-state index contributed by atoms with van der Waals surface area (Å²) in [5.41, 5.74) is 8.56. The van der Waals surface area contributed by atoms with Crippen LogP contribution in [0.1, 0.15) is 46.3 Å². The predicted octanol–water partition coefficient (Wildman–Crippen LogP) is 2.52. The molecule has 0 aliphatic heterocycles. The summed E-state index contributed by atoms with van der Waals surface area (Å²) in [7, 11) is 0. The first-order valence-corrected chi connectivity index (χ1v) is 8.40. The number of carboxylic acid groups (broad SMARTS) is 1. The Morgan fingerprint density at radius 2 is 1.65 bits per heavy atom. The van der Waals surface area contributed by atoms with Crippen LogP contribution in [0.5, 0.6) is 0 Å². The SMILES string of the molecule is CC(CC(=O)O)c1ccc(CCNC(=O)c2ccc(C(=N)N)cc2)cc1. The van der Waals surface area contributed by atoms with Gasteiger partial charge in [-0.25, -0.2) is 0 Å². The van der Waals surface area contributed by atoms with Crippen molar-refractivity contribution in [3.8, 4) is 0 Å². The molecule has 0 aliphatic rings. The molecule has 0 fully saturated rings. The van der Waals surface area contributed by atoms with Gasteiger partial charge in [-0.1, -0.05) is 43.3 Å². The standard InChI is InChI=1S/C20H23N3O3/c1-13(12-18(24)25)15-4-2-14(3-5-15)10-11-23-20(26)17-8-6-16(7-9-17)19(21)22/h2-9,13H,10-12H2,1H3,(H3,21,22)(H,23,26)(H,24,25). The molecule has 0 saturated carbocycles. The Morgan fingerprint density at radius 3 is 2.19 bits per heavy atom. The minimum atomic E-state index is -0.805. The molecule has 0 spiro atoms. The van der Waals surface area contributed by atoms with E-state index in [2.05, 4.69) is 5.32 Å². The summed E-state index contributed by atoms with van der Waals surface area (Å²) in [6.45, 7) is 2.39. The van der Waals surface area contributed by atoms with Gasteiger partial charge in [-0.2, -0.15) is 0 Å². The maximum Gasteiger partial charge on any atom is 0.303 e. The lowest BCUT2D eigenvalue weighted by molar-refractivity contribution is -0.137. The van der Waals surface area contributed by atoms with Crippen molar-refractivity contribution in [2.45, 2.75) is 25.7 Å². The largest absolute Gasteiger partial charge is 0.481 e. The number of carboxylic acids is 1. The maximum atomic E-state index is 12.1. The van der Waals surface area contributed by atoms with E-state index >= 15 is 0 Å². The van der Waals surface area contributed by atoms with Crippen LogP contribution in [0, 0.1) is 5.41 Å². The van der Waals surface area contributed by atoms with Gasteiger partial charge in [0.1, 0.15) is 5.84 Å². The van der Waals surface area contributed by atoms with Gasteiger partial charge in [-0.3, -0.25) is 15.0 Å². The van der Waals surface area contributed by atoms with Crippen molar-refractivity contribution in [3.63, 3.8) is 0 Å². The molecule has 2 aromatic rings. The second-order valence-corrected chi connectivity index (χ2v) is 6.24. The van der Waals surface area contributed by atoms with Crippen LogP contribution in [0.25, 0.3) is 0 Å². The van der Waals surface area contributed by atoms with E-state index in [4.69, 9.17) is 16.2 Å². The molecule has 6 nitrogen and oxygen atoms in total. The summed E-state index contributed by atoms with van der Waals surface area (Å²) in [5, 5.41) is 19.0. The fourth-order valence-electron chi connectivity index (χ4n) is 2.62. The molecule has 0 heterocycles. The van der Waals surface area contributed by atoms with Crippen molar-refractivity contribution < 1.29 is 14.7 Å². The highest BCUT2D eigenvalue weighted by atomic mass is 16.4. The zero-order chi connectivity index (χ0) is 19.1. The number of hydrogen-bond donors (Lipinski definition) is 4. The van der Waals surface area contributed by atoms with E-state index in [-0.39, 0.29) is 24.1 Å². The second-order valence-electron chi connectivity index (χ2n) is 6.24. The van der Waals surface area contributed by atoms with Crippen molar-refractivity contribution in [2.24, 2.45) is 5.73 Å². The summed E-state index contributed by atoms with van der Waals surface area (Å²) in [6, 6.07) is 14.4. The van der Waals surface area contributed by atoms with Gasteiger partial charge in [-0.05, 0) is 35.6 Å². The number of carbonyl (C=O) groups is 2. The number of nitrogen functional groups attached to an aromatic ring is 1. The summed E-state index contributed by atoms with van der Waals surface area (Å²) in [4.78, 5) is 22.9. The van der Waals surface area contributed by atoms with Gasteiger partial charge in [0.2, 0.25) is 0 Å². The minimum absolute atomic E-state index is 0.0285. The quantitative estimate of drug-likeness (QED) is 0.431. The number of hydrogen-bond acceptors (Lipinski definition) is 3. The van der Waals surface area contributed by atoms with Crippen molar-refractivity contribution in [3.05, 3.63) is 70.8 Å². The van der Waals surface area contributed by atoms with E-state index in [9.17, 15) is 9.59 Å². The van der Waals surface area contributed by atoms with E-state index in [1.807, 2.05) is 31.2 Å². The Bertz CT molecular complexity index is 783. The van der Waals surface area contributed by atoms with Crippen molar-refractivity contribution >= 4 is 17.7 Å². The lowest BCUT2D eigenvalue weighted by Gasteiger charge is -2.10. The Balaban J connectivity index is 1.84. The molecule has 5 N–H and O–H groups in total. The van der Waals surface area contributed by atoms with Gasteiger partial charge < -0.3 is 16.2 Å². The molecule has 0 saturated heterocycles. The zero-order valence-electron chi connectivity index (χ0n) is 14.7. The molecule has 1 unspecified atom stereocenters. The third-order valence-corrected chi connectivity index (χ3v) is 4.19. The normalized spacial score (nSPS) is 11.6. The van der Waals surface area contributed by atoms with Gasteiger partial charge in [-0.15, -0.1) is 0 Å². The smallest absolute Gasteiger partial charge is 0.303 e. The molecule has 6 heteroatoms. The monoisotopic (exact) mass is 353 g/mol. The molecular formula is C20H23N3O3. The lowest BCUT2D eigenvalue weighted by atomic mass is 9.96. The fourth-order valence-corrected chi connectivity index (χ4v) is 2.62. The highest BCUT2D eigenvalue weighted by Crippen LogP contribution is 2.19. The first-order valence-electron chi connectivity index (χ1n) is 8.40. The number of nitrogens with one attached hydrogen (secondary N) is 2. The molecule has 1 atom stereocenters. The van der Waals surface area contributed by atoms with Crippen LogP contribution < -0.4 is 11.1 Å². The number of amides is 1. The third kappa shape index (κ3) is 5.44. The third-order valence-electron chi connectivity index (χ3n) is 4.19. The van der Waals surface area contributed by atoms with Crippen LogP contribution in [-0.4, -0.2) is 29.4 Å². The summed E-state index contributed by atoms with van der Waals surface area (Å²) in [5.74, 6) is -1.04. The van der Waals surface area contributed by atoms with E-state index < -0.39 is 5.97 Å². The average Bonchev–Trinajstić information content (AvgIpc) is 2.61. The number of aliphatic carboxylic acids is 1. The minimum Gasteiger partial charge on any atom is -0.481 e. The molecule has 2 aromatic carbocycles. The number of nitrogens with two attached hydrogens (primary N) is 1. The number of rotatable bonds is 8. The van der Waals surface area contributed by atoms with Gasteiger partial charge in [0, 0.05) is 17.7 Å². The van der Waals surface area contributed by atoms with Crippen LogP contribution >= 0.6 is 0 Å². The molecule has 0 bridgehead atoms. The van der Waals surface area contributed by atoms with Crippen molar-refractivity contribution in [2.75, 3.05) is 6.54 Å². The van der Waals surface area contributed by atoms with Crippen LogP contribution in [0.3, 0.4) is 0 Å². The van der Waals surface area contributed by atoms with E-state index in [0.717, 1.165) is 11.1 Å². The summed E-state index contributed by atoms with van der Waals surface area (Å²) >= 11 is 0. The van der Waals surface area contributed by atoms with Crippen molar-refractivity contribution in [1.82, 2.24) is 5.32 Å². The van der Waals surface area contributed by atoms with E-state index in [0.29, 0.717) is 24.1 Å². The fraction of sp³-hybridized carbons (Fsp3) is 0.250. The average molecular weight is 353 g/mol. The molecule has 26 heavy (non-hydrogen) atoms. The van der Waals surface area contributed by atoms with Crippen LogP contribution in [0.4, 0.5) is 0 Å². The molecule has 2 rings (SSSR count). The first-order chi connectivity index (χ1) is 12.4. The Labute approximate surface area is 152 Å².